The van der Waals surface area contributed by atoms with E-state index in [9.17, 15) is 0 Å². The van der Waals surface area contributed by atoms with Gasteiger partial charge in [-0.05, 0) is 13.0 Å². The van der Waals surface area contributed by atoms with E-state index in [1.54, 1.807) is 16.9 Å². The van der Waals surface area contributed by atoms with Crippen molar-refractivity contribution in [3.63, 3.8) is 0 Å². The molecule has 0 unspecified atom stereocenters. The van der Waals surface area contributed by atoms with Gasteiger partial charge < -0.3 is 4.57 Å². The Kier molecular flexibility index (Phi) is 2.23. The number of aromatic nitrogens is 6. The van der Waals surface area contributed by atoms with E-state index < -0.39 is 0 Å². The van der Waals surface area contributed by atoms with Crippen molar-refractivity contribution in [2.75, 3.05) is 0 Å². The minimum Gasteiger partial charge on any atom is -0.315 e. The lowest BCUT2D eigenvalue weighted by Gasteiger charge is -2.01. The fraction of sp³-hybridized carbons (Fsp3) is 0.273. The molecular weight excluding hydrogens is 227 g/mol. The predicted molar refractivity (Wildman–Crippen MR) is 68.6 cm³/mol. The zero-order valence-corrected chi connectivity index (χ0v) is 10.4. The number of aryl methyl sites for hydroxylation is 3. The Bertz CT molecular complexity index is 741. The second kappa shape index (κ2) is 3.66. The topological polar surface area (TPSA) is 61.4 Å². The van der Waals surface area contributed by atoms with Crippen molar-refractivity contribution >= 4 is 24.7 Å². The van der Waals surface area contributed by atoms with Crippen LogP contribution in [0.4, 0.5) is 0 Å². The molecule has 18 heavy (non-hydrogen) atoms. The lowest BCUT2D eigenvalue weighted by molar-refractivity contribution is 0.781. The molecule has 3 heterocycles. The lowest BCUT2D eigenvalue weighted by Crippen LogP contribution is -2.04. The van der Waals surface area contributed by atoms with Crippen molar-refractivity contribution < 1.29 is 0 Å². The maximum absolute atomic E-state index is 5.67. The second-order valence-corrected chi connectivity index (χ2v) is 4.20. The van der Waals surface area contributed by atoms with Crippen molar-refractivity contribution in [2.45, 2.75) is 6.92 Å². The average Bonchev–Trinajstić information content (AvgIpc) is 2.80. The molecule has 0 spiro atoms. The quantitative estimate of drug-likeness (QED) is 0.554. The van der Waals surface area contributed by atoms with Crippen LogP contribution in [0, 0.1) is 6.92 Å². The molecule has 3 aromatic heterocycles. The number of rotatable bonds is 1. The van der Waals surface area contributed by atoms with E-state index in [2.05, 4.69) is 20.1 Å². The Morgan fingerprint density at radius 1 is 1.22 bits per heavy atom. The summed E-state index contributed by atoms with van der Waals surface area (Å²) in [4.78, 5) is 13.2. The molecule has 0 atom stereocenters. The summed E-state index contributed by atoms with van der Waals surface area (Å²) in [6, 6.07) is 1.78. The molecule has 7 heteroatoms. The molecule has 0 aromatic carbocycles. The Balaban J connectivity index is 2.24. The first kappa shape index (κ1) is 10.9. The lowest BCUT2D eigenvalue weighted by atomic mass is 10.1. The summed E-state index contributed by atoms with van der Waals surface area (Å²) in [5.74, 6) is 0.881. The van der Waals surface area contributed by atoms with Gasteiger partial charge in [-0.2, -0.15) is 5.10 Å². The SMILES string of the molecule is [B]c1cc(-c2cnc3nc(C)n(C)c3n2)n(C)n1. The van der Waals surface area contributed by atoms with Crippen LogP contribution >= 0.6 is 0 Å². The van der Waals surface area contributed by atoms with Crippen LogP contribution in [0.5, 0.6) is 0 Å². The van der Waals surface area contributed by atoms with Crippen molar-refractivity contribution in [1.82, 2.24) is 29.3 Å². The van der Waals surface area contributed by atoms with Crippen molar-refractivity contribution in [1.29, 1.82) is 0 Å². The molecule has 2 radical (unpaired) electrons. The number of hydrogen-bond acceptors (Lipinski definition) is 4. The Morgan fingerprint density at radius 2 is 2.00 bits per heavy atom. The fourth-order valence-corrected chi connectivity index (χ4v) is 1.91. The molecule has 0 aliphatic heterocycles. The van der Waals surface area contributed by atoms with E-state index in [0.717, 1.165) is 22.9 Å². The molecule has 0 amide bonds. The van der Waals surface area contributed by atoms with Gasteiger partial charge in [0.1, 0.15) is 19.4 Å². The molecule has 0 N–H and O–H groups in total. The molecule has 0 saturated carbocycles. The molecule has 0 bridgehead atoms. The summed E-state index contributed by atoms with van der Waals surface area (Å²) in [6.07, 6.45) is 1.69. The minimum absolute atomic E-state index is 0.468. The van der Waals surface area contributed by atoms with Crippen molar-refractivity contribution in [3.8, 4) is 11.4 Å². The van der Waals surface area contributed by atoms with Crippen LogP contribution in [0.2, 0.25) is 0 Å². The molecule has 3 rings (SSSR count). The van der Waals surface area contributed by atoms with Crippen LogP contribution < -0.4 is 5.59 Å². The first-order valence-electron chi connectivity index (χ1n) is 5.52. The predicted octanol–water partition coefficient (Wildman–Crippen LogP) is -0.134. The van der Waals surface area contributed by atoms with E-state index in [-0.39, 0.29) is 0 Å². The van der Waals surface area contributed by atoms with Gasteiger partial charge in [0, 0.05) is 19.7 Å². The van der Waals surface area contributed by atoms with Gasteiger partial charge in [-0.1, -0.05) is 0 Å². The third kappa shape index (κ3) is 1.51. The van der Waals surface area contributed by atoms with E-state index in [4.69, 9.17) is 7.85 Å². The monoisotopic (exact) mass is 238 g/mol. The highest BCUT2D eigenvalue weighted by Gasteiger charge is 2.11. The van der Waals surface area contributed by atoms with Crippen LogP contribution in [0.1, 0.15) is 5.82 Å². The summed E-state index contributed by atoms with van der Waals surface area (Å²) >= 11 is 0. The maximum atomic E-state index is 5.67. The van der Waals surface area contributed by atoms with Crippen molar-refractivity contribution in [2.24, 2.45) is 14.1 Å². The third-order valence-electron chi connectivity index (χ3n) is 2.97. The Morgan fingerprint density at radius 3 is 2.67 bits per heavy atom. The molecule has 88 valence electrons. The van der Waals surface area contributed by atoms with Crippen molar-refractivity contribution in [3.05, 3.63) is 18.1 Å². The molecule has 3 aromatic rings. The summed E-state index contributed by atoms with van der Waals surface area (Å²) in [5.41, 5.74) is 3.44. The van der Waals surface area contributed by atoms with Gasteiger partial charge in [0.25, 0.3) is 0 Å². The molecule has 6 nitrogen and oxygen atoms in total. The largest absolute Gasteiger partial charge is 0.315 e. The number of fused-ring (bicyclic) bond motifs is 1. The fourth-order valence-electron chi connectivity index (χ4n) is 1.91. The average molecular weight is 238 g/mol. The Hall–Kier alpha value is -2.18. The first-order valence-corrected chi connectivity index (χ1v) is 5.52. The number of imidazole rings is 1. The molecule has 0 aliphatic carbocycles. The minimum atomic E-state index is 0.468. The van der Waals surface area contributed by atoms with Gasteiger partial charge in [-0.3, -0.25) is 4.68 Å². The third-order valence-corrected chi connectivity index (χ3v) is 2.97. The summed E-state index contributed by atoms with van der Waals surface area (Å²) < 4.78 is 3.60. The normalized spacial score (nSPS) is 11.3. The maximum Gasteiger partial charge on any atom is 0.197 e. The van der Waals surface area contributed by atoms with Crippen LogP contribution in [0.3, 0.4) is 0 Å². The molecule has 0 fully saturated rings. The molecule has 0 saturated heterocycles. The van der Waals surface area contributed by atoms with Gasteiger partial charge in [-0.25, -0.2) is 15.0 Å². The summed E-state index contributed by atoms with van der Waals surface area (Å²) in [7, 11) is 9.41. The summed E-state index contributed by atoms with van der Waals surface area (Å²) in [6.45, 7) is 1.92. The first-order chi connectivity index (χ1) is 8.56. The highest BCUT2D eigenvalue weighted by molar-refractivity contribution is 6.30. The molecule has 0 aliphatic rings. The van der Waals surface area contributed by atoms with Gasteiger partial charge in [-0.15, -0.1) is 0 Å². The van der Waals surface area contributed by atoms with Gasteiger partial charge in [0.15, 0.2) is 11.3 Å². The van der Waals surface area contributed by atoms with Gasteiger partial charge in [0.05, 0.1) is 11.9 Å². The van der Waals surface area contributed by atoms with Crippen LogP contribution in [-0.4, -0.2) is 37.1 Å². The molecular formula is C11H11BN6. The van der Waals surface area contributed by atoms with E-state index in [1.165, 1.54) is 0 Å². The van der Waals surface area contributed by atoms with Gasteiger partial charge in [0.2, 0.25) is 0 Å². The number of nitrogens with zero attached hydrogens (tertiary/aromatic N) is 6. The van der Waals surface area contributed by atoms with E-state index in [1.807, 2.05) is 25.6 Å². The Labute approximate surface area is 105 Å². The highest BCUT2D eigenvalue weighted by atomic mass is 15.3. The summed E-state index contributed by atoms with van der Waals surface area (Å²) in [5, 5.41) is 4.10. The van der Waals surface area contributed by atoms with E-state index >= 15 is 0 Å². The second-order valence-electron chi connectivity index (χ2n) is 4.20. The standard InChI is InChI=1S/C11H11BN6/c1-6-14-10-11(17(6)2)15-7(5-13-10)8-4-9(12)16-18(8)3/h4-5H,1-3H3. The van der Waals surface area contributed by atoms with Crippen LogP contribution in [0.15, 0.2) is 12.3 Å². The van der Waals surface area contributed by atoms with Crippen LogP contribution in [-0.2, 0) is 14.1 Å². The smallest absolute Gasteiger partial charge is 0.197 e. The zero-order valence-electron chi connectivity index (χ0n) is 10.4. The highest BCUT2D eigenvalue weighted by Crippen LogP contribution is 2.17. The number of hydrogen-bond donors (Lipinski definition) is 0. The van der Waals surface area contributed by atoms with Crippen LogP contribution in [0.25, 0.3) is 22.7 Å². The zero-order chi connectivity index (χ0) is 12.9. The van der Waals surface area contributed by atoms with Gasteiger partial charge >= 0.3 is 0 Å². The van der Waals surface area contributed by atoms with E-state index in [0.29, 0.717) is 11.2 Å².